The molecular formula is C23H22O7. The van der Waals surface area contributed by atoms with Crippen LogP contribution < -0.4 is 0 Å². The lowest BCUT2D eigenvalue weighted by Gasteiger charge is -2.20. The zero-order chi connectivity index (χ0) is 21.3. The fourth-order valence-electron chi connectivity index (χ4n) is 2.76. The van der Waals surface area contributed by atoms with Crippen LogP contribution in [0.1, 0.15) is 11.1 Å². The van der Waals surface area contributed by atoms with Gasteiger partial charge in [-0.25, -0.2) is 9.59 Å². The van der Waals surface area contributed by atoms with E-state index in [9.17, 15) is 14.7 Å². The van der Waals surface area contributed by atoms with Crippen LogP contribution in [0, 0.1) is 0 Å². The van der Waals surface area contributed by atoms with Crippen molar-refractivity contribution in [3.63, 3.8) is 0 Å². The Morgan fingerprint density at radius 2 is 1.60 bits per heavy atom. The normalized spacial score (nSPS) is 16.6. The van der Waals surface area contributed by atoms with Gasteiger partial charge in [0, 0.05) is 6.08 Å². The summed E-state index contributed by atoms with van der Waals surface area (Å²) in [7, 11) is 0. The van der Waals surface area contributed by atoms with Gasteiger partial charge in [0.25, 0.3) is 0 Å². The van der Waals surface area contributed by atoms with E-state index < -0.39 is 30.8 Å². The lowest BCUT2D eigenvalue weighted by molar-refractivity contribution is -0.152. The molecule has 0 aromatic heterocycles. The minimum Gasteiger partial charge on any atom is -0.485 e. The van der Waals surface area contributed by atoms with E-state index in [1.165, 1.54) is 0 Å². The Bertz CT molecular complexity index is 906. The van der Waals surface area contributed by atoms with Crippen LogP contribution in [0.4, 0.5) is 0 Å². The van der Waals surface area contributed by atoms with E-state index in [2.05, 4.69) is 6.58 Å². The van der Waals surface area contributed by atoms with Gasteiger partial charge >= 0.3 is 11.9 Å². The summed E-state index contributed by atoms with van der Waals surface area (Å²) in [5.41, 5.74) is 1.71. The second-order valence-electron chi connectivity index (χ2n) is 6.47. The first-order valence-corrected chi connectivity index (χ1v) is 9.34. The Kier molecular flexibility index (Phi) is 7.24. The highest BCUT2D eigenvalue weighted by Gasteiger charge is 2.42. The van der Waals surface area contributed by atoms with E-state index in [1.807, 2.05) is 60.7 Å². The number of rotatable bonds is 10. The van der Waals surface area contributed by atoms with Gasteiger partial charge in [-0.2, -0.15) is 0 Å². The first-order chi connectivity index (χ1) is 14.6. The molecular weight excluding hydrogens is 388 g/mol. The topological polar surface area (TPSA) is 91.3 Å². The molecule has 0 amide bonds. The number of benzene rings is 2. The van der Waals surface area contributed by atoms with Gasteiger partial charge in [0.15, 0.2) is 11.9 Å². The minimum absolute atomic E-state index is 0.0573. The summed E-state index contributed by atoms with van der Waals surface area (Å²) >= 11 is 0. The molecule has 0 radical (unpaired) electrons. The van der Waals surface area contributed by atoms with Gasteiger partial charge in [0.1, 0.15) is 25.9 Å². The quantitative estimate of drug-likeness (QED) is 0.476. The Hall–Kier alpha value is -3.58. The van der Waals surface area contributed by atoms with Crippen molar-refractivity contribution in [1.82, 2.24) is 0 Å². The average molecular weight is 410 g/mol. The van der Waals surface area contributed by atoms with Crippen LogP contribution in [0.5, 0.6) is 0 Å². The van der Waals surface area contributed by atoms with Crippen LogP contribution in [0.3, 0.4) is 0 Å². The molecule has 1 N–H and O–H groups in total. The molecule has 3 rings (SSSR count). The number of hydrogen-bond acceptors (Lipinski definition) is 7. The number of carbonyl (C=O) groups excluding carboxylic acids is 2. The van der Waals surface area contributed by atoms with Crippen molar-refractivity contribution in [2.24, 2.45) is 0 Å². The van der Waals surface area contributed by atoms with Crippen molar-refractivity contribution in [2.75, 3.05) is 6.61 Å². The minimum atomic E-state index is -1.33. The fraction of sp³-hybridized carbons (Fsp3) is 0.217. The Morgan fingerprint density at radius 1 is 1.03 bits per heavy atom. The van der Waals surface area contributed by atoms with Crippen LogP contribution in [0.15, 0.2) is 84.8 Å². The zero-order valence-corrected chi connectivity index (χ0v) is 16.2. The molecule has 0 bridgehead atoms. The molecule has 0 fully saturated rings. The molecule has 2 aromatic rings. The lowest BCUT2D eigenvalue weighted by atomic mass is 10.1. The fourth-order valence-corrected chi connectivity index (χ4v) is 2.76. The largest absolute Gasteiger partial charge is 0.485 e. The predicted octanol–water partition coefficient (Wildman–Crippen LogP) is 2.65. The van der Waals surface area contributed by atoms with Gasteiger partial charge in [0.2, 0.25) is 5.76 Å². The maximum atomic E-state index is 12.4. The maximum Gasteiger partial charge on any atom is 0.378 e. The molecule has 0 unspecified atom stereocenters. The lowest BCUT2D eigenvalue weighted by Crippen LogP contribution is -2.34. The summed E-state index contributed by atoms with van der Waals surface area (Å²) in [6.07, 6.45) is -1.52. The third-order valence-corrected chi connectivity index (χ3v) is 4.28. The van der Waals surface area contributed by atoms with Gasteiger partial charge in [-0.3, -0.25) is 0 Å². The summed E-state index contributed by atoms with van der Waals surface area (Å²) in [5.74, 6) is -1.52. The second kappa shape index (κ2) is 10.3. The number of cyclic esters (lactones) is 1. The molecule has 1 heterocycles. The molecule has 0 saturated heterocycles. The molecule has 1 aliphatic heterocycles. The van der Waals surface area contributed by atoms with E-state index >= 15 is 0 Å². The SMILES string of the molecule is C=CC(=O)OC[C@H](O)[C@H]1OC(=O)C(OCc2ccccc2)=C1OCc1ccccc1. The number of carbonyl (C=O) groups is 2. The van der Waals surface area contributed by atoms with E-state index in [-0.39, 0.29) is 24.7 Å². The molecule has 1 aliphatic rings. The van der Waals surface area contributed by atoms with Gasteiger partial charge in [0.05, 0.1) is 0 Å². The summed E-state index contributed by atoms with van der Waals surface area (Å²) in [5, 5.41) is 10.4. The predicted molar refractivity (Wildman–Crippen MR) is 107 cm³/mol. The summed E-state index contributed by atoms with van der Waals surface area (Å²) in [4.78, 5) is 23.7. The monoisotopic (exact) mass is 410 g/mol. The third-order valence-electron chi connectivity index (χ3n) is 4.28. The summed E-state index contributed by atoms with van der Waals surface area (Å²) < 4.78 is 21.6. The summed E-state index contributed by atoms with van der Waals surface area (Å²) in [6.45, 7) is 3.16. The molecule has 7 nitrogen and oxygen atoms in total. The smallest absolute Gasteiger partial charge is 0.378 e. The molecule has 2 atom stereocenters. The van der Waals surface area contributed by atoms with E-state index in [0.29, 0.717) is 0 Å². The highest BCUT2D eigenvalue weighted by Crippen LogP contribution is 2.29. The van der Waals surface area contributed by atoms with Crippen LogP contribution in [-0.4, -0.2) is 35.9 Å². The van der Waals surface area contributed by atoms with Crippen LogP contribution in [-0.2, 0) is 41.8 Å². The number of hydrogen-bond donors (Lipinski definition) is 1. The summed E-state index contributed by atoms with van der Waals surface area (Å²) in [6, 6.07) is 18.6. The highest BCUT2D eigenvalue weighted by atomic mass is 16.6. The Balaban J connectivity index is 1.77. The molecule has 0 spiro atoms. The van der Waals surface area contributed by atoms with Crippen LogP contribution in [0.2, 0.25) is 0 Å². The first-order valence-electron chi connectivity index (χ1n) is 9.34. The van der Waals surface area contributed by atoms with Crippen LogP contribution in [0.25, 0.3) is 0 Å². The Morgan fingerprint density at radius 3 is 2.17 bits per heavy atom. The molecule has 7 heteroatoms. The third kappa shape index (κ3) is 5.48. The zero-order valence-electron chi connectivity index (χ0n) is 16.2. The van der Waals surface area contributed by atoms with Crippen molar-refractivity contribution >= 4 is 11.9 Å². The van der Waals surface area contributed by atoms with Crippen molar-refractivity contribution in [1.29, 1.82) is 0 Å². The molecule has 156 valence electrons. The highest BCUT2D eigenvalue weighted by molar-refractivity contribution is 5.89. The average Bonchev–Trinajstić information content (AvgIpc) is 3.11. The van der Waals surface area contributed by atoms with Crippen molar-refractivity contribution < 1.29 is 33.6 Å². The molecule has 0 aliphatic carbocycles. The van der Waals surface area contributed by atoms with Gasteiger partial charge < -0.3 is 24.1 Å². The number of esters is 2. The van der Waals surface area contributed by atoms with E-state index in [1.54, 1.807) is 0 Å². The van der Waals surface area contributed by atoms with E-state index in [0.717, 1.165) is 17.2 Å². The van der Waals surface area contributed by atoms with Crippen molar-refractivity contribution in [2.45, 2.75) is 25.4 Å². The Labute approximate surface area is 174 Å². The van der Waals surface area contributed by atoms with Crippen LogP contribution >= 0.6 is 0 Å². The second-order valence-corrected chi connectivity index (χ2v) is 6.47. The standard InChI is InChI=1S/C23H22O7/c1-2-19(25)27-15-18(24)20-21(28-13-16-9-5-3-6-10-16)22(23(26)30-20)29-14-17-11-7-4-8-12-17/h2-12,18,20,24H,1,13-15H2/t18-,20+/m0/s1. The molecule has 2 aromatic carbocycles. The number of aliphatic hydroxyl groups excluding tert-OH is 1. The maximum absolute atomic E-state index is 12.4. The first kappa shape index (κ1) is 21.1. The van der Waals surface area contributed by atoms with Gasteiger partial charge in [-0.1, -0.05) is 67.2 Å². The van der Waals surface area contributed by atoms with E-state index in [4.69, 9.17) is 18.9 Å². The van der Waals surface area contributed by atoms with Crippen molar-refractivity contribution in [3.05, 3.63) is 96.0 Å². The molecule has 30 heavy (non-hydrogen) atoms. The van der Waals surface area contributed by atoms with Gasteiger partial charge in [-0.05, 0) is 11.1 Å². The van der Waals surface area contributed by atoms with Gasteiger partial charge in [-0.15, -0.1) is 0 Å². The number of aliphatic hydroxyl groups is 1. The molecule has 0 saturated carbocycles. The number of ether oxygens (including phenoxy) is 4. The van der Waals surface area contributed by atoms with Crippen molar-refractivity contribution in [3.8, 4) is 0 Å².